The summed E-state index contributed by atoms with van der Waals surface area (Å²) in [6.45, 7) is 2.44. The fourth-order valence-electron chi connectivity index (χ4n) is 2.70. The Morgan fingerprint density at radius 3 is 2.19 bits per heavy atom. The summed E-state index contributed by atoms with van der Waals surface area (Å²) in [5.41, 5.74) is 0.871. The Balaban J connectivity index is 1.97. The molecule has 9 heteroatoms. The smallest absolute Gasteiger partial charge is 0.303 e. The first-order valence-corrected chi connectivity index (χ1v) is 8.38. The molecule has 9 nitrogen and oxygen atoms in total. The van der Waals surface area contributed by atoms with Crippen LogP contribution in [0.5, 0.6) is 5.75 Å². The van der Waals surface area contributed by atoms with E-state index in [0.717, 1.165) is 19.4 Å². The van der Waals surface area contributed by atoms with Crippen molar-refractivity contribution in [3.8, 4) is 5.75 Å². The van der Waals surface area contributed by atoms with Crippen molar-refractivity contribution in [2.75, 3.05) is 13.7 Å². The van der Waals surface area contributed by atoms with Gasteiger partial charge in [0.1, 0.15) is 18.0 Å². The summed E-state index contributed by atoms with van der Waals surface area (Å²) in [5.74, 6) is -0.682. The molecule has 0 amide bonds. The van der Waals surface area contributed by atoms with Crippen molar-refractivity contribution in [1.29, 1.82) is 0 Å². The summed E-state index contributed by atoms with van der Waals surface area (Å²) in [6, 6.07) is 7.22. The van der Waals surface area contributed by atoms with Gasteiger partial charge < -0.3 is 33.9 Å². The lowest BCUT2D eigenvalue weighted by Crippen LogP contribution is -2.61. The first-order chi connectivity index (χ1) is 12.8. The highest BCUT2D eigenvalue weighted by atomic mass is 16.7. The summed E-state index contributed by atoms with van der Waals surface area (Å²) in [4.78, 5) is 22.5. The van der Waals surface area contributed by atoms with Crippen LogP contribution in [0.25, 0.3) is 0 Å². The van der Waals surface area contributed by atoms with Crippen molar-refractivity contribution in [1.82, 2.24) is 0 Å². The number of methoxy groups -OCH3 is 1. The van der Waals surface area contributed by atoms with Gasteiger partial charge in [0.25, 0.3) is 0 Å². The lowest BCUT2D eigenvalue weighted by atomic mass is 9.98. The number of aliphatic hydroxyl groups is 2. The second-order valence-corrected chi connectivity index (χ2v) is 6.07. The average Bonchev–Trinajstić information content (AvgIpc) is 2.62. The van der Waals surface area contributed by atoms with Crippen molar-refractivity contribution in [2.45, 2.75) is 51.2 Å². The standard InChI is InChI=1S/C18H24O9/c1-10(19)25-16-15(21)14(27-18(22)17(16)26-11(2)20)9-24-8-12-4-6-13(23-3)7-5-12/h4-7,14-18,21-22H,8-9H2,1-3H3/t14-,15-,16+,17-,18-/m1/s1. The zero-order valence-electron chi connectivity index (χ0n) is 15.4. The van der Waals surface area contributed by atoms with Crippen molar-refractivity contribution < 1.29 is 43.5 Å². The van der Waals surface area contributed by atoms with E-state index in [9.17, 15) is 19.8 Å². The van der Waals surface area contributed by atoms with Crippen LogP contribution in [0.1, 0.15) is 19.4 Å². The molecular formula is C18H24O9. The van der Waals surface area contributed by atoms with Gasteiger partial charge in [0.15, 0.2) is 18.5 Å². The molecule has 0 aromatic heterocycles. The lowest BCUT2D eigenvalue weighted by Gasteiger charge is -2.41. The maximum absolute atomic E-state index is 11.3. The van der Waals surface area contributed by atoms with E-state index in [1.165, 1.54) is 0 Å². The normalized spacial score (nSPS) is 27.7. The molecule has 2 rings (SSSR count). The highest BCUT2D eigenvalue weighted by Gasteiger charge is 2.48. The third-order valence-electron chi connectivity index (χ3n) is 3.95. The Hall–Kier alpha value is -2.20. The number of benzene rings is 1. The van der Waals surface area contributed by atoms with Gasteiger partial charge in [-0.15, -0.1) is 0 Å². The van der Waals surface area contributed by atoms with Crippen LogP contribution in [0.4, 0.5) is 0 Å². The number of hydrogen-bond donors (Lipinski definition) is 2. The van der Waals surface area contributed by atoms with Crippen LogP contribution < -0.4 is 4.74 Å². The third kappa shape index (κ3) is 5.90. The van der Waals surface area contributed by atoms with Crippen LogP contribution in [0.15, 0.2) is 24.3 Å². The van der Waals surface area contributed by atoms with Gasteiger partial charge in [0.05, 0.1) is 20.3 Å². The summed E-state index contributed by atoms with van der Waals surface area (Å²) < 4.78 is 25.9. The summed E-state index contributed by atoms with van der Waals surface area (Å²) in [6.07, 6.45) is -6.51. The monoisotopic (exact) mass is 384 g/mol. The molecule has 1 aliphatic heterocycles. The fourth-order valence-corrected chi connectivity index (χ4v) is 2.70. The number of esters is 2. The van der Waals surface area contributed by atoms with Crippen molar-refractivity contribution in [2.24, 2.45) is 0 Å². The molecule has 0 bridgehead atoms. The second-order valence-electron chi connectivity index (χ2n) is 6.07. The quantitative estimate of drug-likeness (QED) is 0.633. The van der Waals surface area contributed by atoms with Crippen LogP contribution in [-0.4, -0.2) is 66.6 Å². The molecule has 2 N–H and O–H groups in total. The van der Waals surface area contributed by atoms with E-state index >= 15 is 0 Å². The molecule has 1 saturated heterocycles. The molecule has 1 aliphatic rings. The predicted molar refractivity (Wildman–Crippen MR) is 90.6 cm³/mol. The minimum absolute atomic E-state index is 0.0746. The van der Waals surface area contributed by atoms with Crippen molar-refractivity contribution in [3.05, 3.63) is 29.8 Å². The van der Waals surface area contributed by atoms with E-state index < -0.39 is 42.6 Å². The molecular weight excluding hydrogens is 360 g/mol. The molecule has 1 heterocycles. The van der Waals surface area contributed by atoms with Gasteiger partial charge in [0, 0.05) is 13.8 Å². The van der Waals surface area contributed by atoms with E-state index in [1.807, 2.05) is 12.1 Å². The maximum Gasteiger partial charge on any atom is 0.303 e. The molecule has 1 fully saturated rings. The summed E-state index contributed by atoms with van der Waals surface area (Å²) in [7, 11) is 1.57. The van der Waals surface area contributed by atoms with E-state index in [-0.39, 0.29) is 13.2 Å². The van der Waals surface area contributed by atoms with Gasteiger partial charge in [0.2, 0.25) is 0 Å². The molecule has 0 aliphatic carbocycles. The molecule has 1 aromatic carbocycles. The van der Waals surface area contributed by atoms with Gasteiger partial charge in [-0.3, -0.25) is 9.59 Å². The number of rotatable bonds is 7. The molecule has 0 radical (unpaired) electrons. The van der Waals surface area contributed by atoms with Crippen LogP contribution in [0.3, 0.4) is 0 Å². The van der Waals surface area contributed by atoms with Crippen LogP contribution in [0, 0.1) is 0 Å². The largest absolute Gasteiger partial charge is 0.497 e. The highest BCUT2D eigenvalue weighted by molar-refractivity contribution is 5.67. The van der Waals surface area contributed by atoms with Crippen LogP contribution >= 0.6 is 0 Å². The molecule has 0 unspecified atom stereocenters. The van der Waals surface area contributed by atoms with Gasteiger partial charge in [-0.2, -0.15) is 0 Å². The van der Waals surface area contributed by atoms with E-state index in [2.05, 4.69) is 0 Å². The van der Waals surface area contributed by atoms with Crippen molar-refractivity contribution in [3.63, 3.8) is 0 Å². The molecule has 0 spiro atoms. The molecule has 1 aromatic rings. The van der Waals surface area contributed by atoms with Gasteiger partial charge in [-0.05, 0) is 17.7 Å². The topological polar surface area (TPSA) is 121 Å². The zero-order valence-corrected chi connectivity index (χ0v) is 15.4. The lowest BCUT2D eigenvalue weighted by molar-refractivity contribution is -0.295. The molecule has 0 saturated carbocycles. The number of carbonyl (C=O) groups is 2. The number of aliphatic hydroxyl groups excluding tert-OH is 2. The minimum atomic E-state index is -1.57. The Labute approximate surface area is 156 Å². The maximum atomic E-state index is 11.3. The number of hydrogen-bond acceptors (Lipinski definition) is 9. The van der Waals surface area contributed by atoms with E-state index in [1.54, 1.807) is 19.2 Å². The predicted octanol–water partition coefficient (Wildman–Crippen LogP) is 0.153. The summed E-state index contributed by atoms with van der Waals surface area (Å²) in [5, 5.41) is 20.5. The summed E-state index contributed by atoms with van der Waals surface area (Å²) >= 11 is 0. The van der Waals surface area contributed by atoms with E-state index in [4.69, 9.17) is 23.7 Å². The zero-order chi connectivity index (χ0) is 20.0. The van der Waals surface area contributed by atoms with Gasteiger partial charge in [-0.25, -0.2) is 0 Å². The Kier molecular flexibility index (Phi) is 7.55. The van der Waals surface area contributed by atoms with E-state index in [0.29, 0.717) is 5.75 Å². The minimum Gasteiger partial charge on any atom is -0.497 e. The van der Waals surface area contributed by atoms with Gasteiger partial charge in [-0.1, -0.05) is 12.1 Å². The molecule has 27 heavy (non-hydrogen) atoms. The molecule has 150 valence electrons. The average molecular weight is 384 g/mol. The first-order valence-electron chi connectivity index (χ1n) is 8.38. The Morgan fingerprint density at radius 2 is 1.63 bits per heavy atom. The second kappa shape index (κ2) is 9.65. The first kappa shape index (κ1) is 21.1. The number of carbonyl (C=O) groups excluding carboxylic acids is 2. The fraction of sp³-hybridized carbons (Fsp3) is 0.556. The van der Waals surface area contributed by atoms with Crippen LogP contribution in [-0.2, 0) is 35.1 Å². The Morgan fingerprint density at radius 1 is 1.04 bits per heavy atom. The van der Waals surface area contributed by atoms with Gasteiger partial charge >= 0.3 is 11.9 Å². The van der Waals surface area contributed by atoms with Crippen LogP contribution in [0.2, 0.25) is 0 Å². The Bertz CT molecular complexity index is 630. The van der Waals surface area contributed by atoms with Crippen molar-refractivity contribution >= 4 is 11.9 Å². The third-order valence-corrected chi connectivity index (χ3v) is 3.95. The highest BCUT2D eigenvalue weighted by Crippen LogP contribution is 2.26. The SMILES string of the molecule is COc1ccc(COC[C@H]2O[C@@H](O)[C@H](OC(C)=O)[C@@H](OC(C)=O)[C@@H]2O)cc1. The number of ether oxygens (including phenoxy) is 5. The molecule has 5 atom stereocenters.